The quantitative estimate of drug-likeness (QED) is 0.744. The van der Waals surface area contributed by atoms with Crippen molar-refractivity contribution < 1.29 is 24.2 Å². The monoisotopic (exact) mass is 295 g/mol. The van der Waals surface area contributed by atoms with Gasteiger partial charge in [-0.3, -0.25) is 9.59 Å². The molecule has 1 amide bonds. The van der Waals surface area contributed by atoms with Crippen LogP contribution in [0.15, 0.2) is 6.33 Å². The normalized spacial score (nSPS) is 17.2. The average Bonchev–Trinajstić information content (AvgIpc) is 2.90. The maximum atomic E-state index is 12.2. The Morgan fingerprint density at radius 3 is 2.90 bits per heavy atom. The van der Waals surface area contributed by atoms with Crippen LogP contribution in [0.4, 0.5) is 0 Å². The minimum absolute atomic E-state index is 0.0503. The van der Waals surface area contributed by atoms with Crippen molar-refractivity contribution in [2.45, 2.75) is 38.8 Å². The van der Waals surface area contributed by atoms with Crippen LogP contribution in [-0.4, -0.2) is 50.5 Å². The van der Waals surface area contributed by atoms with Crippen molar-refractivity contribution in [3.63, 3.8) is 0 Å². The topological polar surface area (TPSA) is 113 Å². The molecule has 114 valence electrons. The molecule has 2 heterocycles. The fraction of sp³-hybridized carbons (Fsp3) is 0.538. The number of amides is 1. The first-order valence-electron chi connectivity index (χ1n) is 6.72. The molecule has 8 heteroatoms. The van der Waals surface area contributed by atoms with E-state index in [9.17, 15) is 19.5 Å². The molecule has 1 unspecified atom stereocenters. The summed E-state index contributed by atoms with van der Waals surface area (Å²) >= 11 is 0. The number of ether oxygens (including phenoxy) is 1. The van der Waals surface area contributed by atoms with Gasteiger partial charge in [0.25, 0.3) is 0 Å². The molecular weight excluding hydrogens is 278 g/mol. The van der Waals surface area contributed by atoms with E-state index >= 15 is 0 Å². The number of fused-ring (bicyclic) bond motifs is 1. The molecule has 2 N–H and O–H groups in total. The number of carbonyl (C=O) groups excluding carboxylic acids is 2. The number of hydrogen-bond donors (Lipinski definition) is 2. The molecule has 0 spiro atoms. The Balaban J connectivity index is 2.04. The molecule has 1 aliphatic rings. The first-order valence-corrected chi connectivity index (χ1v) is 6.72. The van der Waals surface area contributed by atoms with E-state index in [0.29, 0.717) is 5.69 Å². The van der Waals surface area contributed by atoms with Gasteiger partial charge in [-0.05, 0) is 6.92 Å². The number of H-pyrrole nitrogens is 1. The number of carboxylic acid groups (broad SMARTS) is 1. The predicted molar refractivity (Wildman–Crippen MR) is 70.1 cm³/mol. The van der Waals surface area contributed by atoms with E-state index in [-0.39, 0.29) is 38.3 Å². The van der Waals surface area contributed by atoms with Crippen molar-refractivity contribution in [1.82, 2.24) is 14.9 Å². The third kappa shape index (κ3) is 3.39. The van der Waals surface area contributed by atoms with Crippen molar-refractivity contribution in [3.05, 3.63) is 17.7 Å². The third-order valence-electron chi connectivity index (χ3n) is 3.35. The number of nitrogens with zero attached hydrogens (tertiary/aromatic N) is 2. The summed E-state index contributed by atoms with van der Waals surface area (Å²) in [5.41, 5.74) is 1.40. The lowest BCUT2D eigenvalue weighted by molar-refractivity contribution is -0.152. The van der Waals surface area contributed by atoms with E-state index in [4.69, 9.17) is 4.74 Å². The zero-order chi connectivity index (χ0) is 15.4. The van der Waals surface area contributed by atoms with Crippen LogP contribution in [0.2, 0.25) is 0 Å². The second-order valence-electron chi connectivity index (χ2n) is 4.71. The van der Waals surface area contributed by atoms with Crippen molar-refractivity contribution in [1.29, 1.82) is 0 Å². The minimum Gasteiger partial charge on any atom is -0.480 e. The van der Waals surface area contributed by atoms with Crippen molar-refractivity contribution in [2.75, 3.05) is 6.61 Å². The summed E-state index contributed by atoms with van der Waals surface area (Å²) < 4.78 is 4.76. The molecule has 8 nitrogen and oxygen atoms in total. The Kier molecular flexibility index (Phi) is 4.56. The summed E-state index contributed by atoms with van der Waals surface area (Å²) in [6.45, 7) is 2.10. The van der Waals surface area contributed by atoms with Crippen LogP contribution in [0.3, 0.4) is 0 Å². The smallest absolute Gasteiger partial charge is 0.326 e. The Labute approximate surface area is 121 Å². The first kappa shape index (κ1) is 15.0. The number of rotatable bonds is 5. The molecule has 0 bridgehead atoms. The van der Waals surface area contributed by atoms with Gasteiger partial charge in [-0.2, -0.15) is 0 Å². The first-order chi connectivity index (χ1) is 10.0. The van der Waals surface area contributed by atoms with Crippen LogP contribution < -0.4 is 0 Å². The molecule has 1 aromatic rings. The number of carboxylic acids is 1. The molecule has 1 aromatic heterocycles. The number of esters is 1. The van der Waals surface area contributed by atoms with E-state index in [1.54, 1.807) is 6.92 Å². The van der Waals surface area contributed by atoms with Gasteiger partial charge in [-0.1, -0.05) is 0 Å². The van der Waals surface area contributed by atoms with E-state index in [1.165, 1.54) is 11.2 Å². The minimum atomic E-state index is -1.08. The second kappa shape index (κ2) is 6.38. The number of aromatic amines is 1. The highest BCUT2D eigenvalue weighted by molar-refractivity contribution is 5.86. The molecule has 0 aromatic carbocycles. The number of imidazole rings is 1. The molecule has 1 atom stereocenters. The fourth-order valence-corrected chi connectivity index (χ4v) is 2.30. The Morgan fingerprint density at radius 1 is 1.48 bits per heavy atom. The molecule has 0 aliphatic carbocycles. The third-order valence-corrected chi connectivity index (χ3v) is 3.35. The summed E-state index contributed by atoms with van der Waals surface area (Å²) in [7, 11) is 0. The van der Waals surface area contributed by atoms with Crippen LogP contribution >= 0.6 is 0 Å². The van der Waals surface area contributed by atoms with Crippen molar-refractivity contribution in [2.24, 2.45) is 0 Å². The van der Waals surface area contributed by atoms with Gasteiger partial charge in [-0.25, -0.2) is 9.78 Å². The Morgan fingerprint density at radius 2 is 2.24 bits per heavy atom. The summed E-state index contributed by atoms with van der Waals surface area (Å²) in [6, 6.07) is -0.949. The summed E-state index contributed by atoms with van der Waals surface area (Å²) in [6.07, 6.45) is 1.53. The SMILES string of the molecule is CCOC(=O)CCC(=O)N1Cc2[nH]cnc2CC1C(=O)O. The van der Waals surface area contributed by atoms with Gasteiger partial charge in [0.05, 0.1) is 37.3 Å². The number of nitrogens with one attached hydrogen (secondary N) is 1. The van der Waals surface area contributed by atoms with Crippen molar-refractivity contribution >= 4 is 17.8 Å². The van der Waals surface area contributed by atoms with E-state index < -0.39 is 18.0 Å². The second-order valence-corrected chi connectivity index (χ2v) is 4.71. The highest BCUT2D eigenvalue weighted by Crippen LogP contribution is 2.22. The highest BCUT2D eigenvalue weighted by Gasteiger charge is 2.35. The Hall–Kier alpha value is -2.38. The van der Waals surface area contributed by atoms with E-state index in [2.05, 4.69) is 9.97 Å². The van der Waals surface area contributed by atoms with Crippen LogP contribution in [-0.2, 0) is 32.1 Å². The standard InChI is InChI=1S/C13H17N3O5/c1-2-21-12(18)4-3-11(17)16-6-9-8(14-7-15-9)5-10(16)13(19)20/h7,10H,2-6H2,1H3,(H,14,15)(H,19,20). The zero-order valence-corrected chi connectivity index (χ0v) is 11.7. The molecule has 0 saturated carbocycles. The summed E-state index contributed by atoms with van der Waals surface area (Å²) in [5, 5.41) is 9.26. The Bertz CT molecular complexity index is 554. The summed E-state index contributed by atoms with van der Waals surface area (Å²) in [4.78, 5) is 43.0. The predicted octanol–water partition coefficient (Wildman–Crippen LogP) is 0.0909. The van der Waals surface area contributed by atoms with Gasteiger partial charge < -0.3 is 19.7 Å². The van der Waals surface area contributed by atoms with Gasteiger partial charge in [0.1, 0.15) is 6.04 Å². The van der Waals surface area contributed by atoms with Gasteiger partial charge in [0.15, 0.2) is 0 Å². The number of hydrogen-bond acceptors (Lipinski definition) is 5. The molecule has 0 radical (unpaired) electrons. The lowest BCUT2D eigenvalue weighted by Gasteiger charge is -2.32. The van der Waals surface area contributed by atoms with Crippen molar-refractivity contribution in [3.8, 4) is 0 Å². The molecular formula is C13H17N3O5. The number of aliphatic carboxylic acids is 1. The maximum absolute atomic E-state index is 12.2. The lowest BCUT2D eigenvalue weighted by Crippen LogP contribution is -2.48. The molecule has 21 heavy (non-hydrogen) atoms. The van der Waals surface area contributed by atoms with E-state index in [1.807, 2.05) is 0 Å². The number of carbonyl (C=O) groups is 3. The van der Waals surface area contributed by atoms with E-state index in [0.717, 1.165) is 5.69 Å². The van der Waals surface area contributed by atoms with Gasteiger partial charge >= 0.3 is 11.9 Å². The number of aromatic nitrogens is 2. The van der Waals surface area contributed by atoms with Gasteiger partial charge in [0, 0.05) is 12.8 Å². The largest absolute Gasteiger partial charge is 0.480 e. The molecule has 0 saturated heterocycles. The summed E-state index contributed by atoms with van der Waals surface area (Å²) in [5.74, 6) is -1.92. The van der Waals surface area contributed by atoms with Crippen LogP contribution in [0.5, 0.6) is 0 Å². The van der Waals surface area contributed by atoms with Crippen LogP contribution in [0.1, 0.15) is 31.2 Å². The highest BCUT2D eigenvalue weighted by atomic mass is 16.5. The van der Waals surface area contributed by atoms with Gasteiger partial charge in [-0.15, -0.1) is 0 Å². The fourth-order valence-electron chi connectivity index (χ4n) is 2.30. The average molecular weight is 295 g/mol. The van der Waals surface area contributed by atoms with Crippen LogP contribution in [0, 0.1) is 0 Å². The molecule has 1 aliphatic heterocycles. The van der Waals surface area contributed by atoms with Gasteiger partial charge in [0.2, 0.25) is 5.91 Å². The lowest BCUT2D eigenvalue weighted by atomic mass is 10.0. The molecule has 2 rings (SSSR count). The van der Waals surface area contributed by atoms with Crippen LogP contribution in [0.25, 0.3) is 0 Å². The molecule has 0 fully saturated rings. The maximum Gasteiger partial charge on any atom is 0.326 e. The zero-order valence-electron chi connectivity index (χ0n) is 11.7.